The maximum absolute atomic E-state index is 12.7. The molecule has 6 heteroatoms. The summed E-state index contributed by atoms with van der Waals surface area (Å²) in [6, 6.07) is 8.77. The highest BCUT2D eigenvalue weighted by atomic mass is 16.5. The number of β-amino-alcohol motifs (C(OH)–C–C–N with tert-alkyl or cyclic N) is 1. The van der Waals surface area contributed by atoms with Crippen molar-refractivity contribution in [1.82, 2.24) is 10.2 Å². The SMILES string of the molecule is CC(C)C[C@H](NC(=O)OCc1ccccc1)C(=O)N1CCCC(O)C1. The molecule has 2 atom stereocenters. The predicted molar refractivity (Wildman–Crippen MR) is 94.8 cm³/mol. The summed E-state index contributed by atoms with van der Waals surface area (Å²) in [5.74, 6) is 0.0993. The van der Waals surface area contributed by atoms with E-state index in [1.54, 1.807) is 4.90 Å². The van der Waals surface area contributed by atoms with Crippen molar-refractivity contribution in [1.29, 1.82) is 0 Å². The normalized spacial score (nSPS) is 18.7. The lowest BCUT2D eigenvalue weighted by Gasteiger charge is -2.33. The number of hydrogen-bond acceptors (Lipinski definition) is 4. The number of likely N-dealkylation sites (tertiary alicyclic amines) is 1. The summed E-state index contributed by atoms with van der Waals surface area (Å²) >= 11 is 0. The van der Waals surface area contributed by atoms with Gasteiger partial charge in [0.15, 0.2) is 0 Å². The first-order valence-corrected chi connectivity index (χ1v) is 8.89. The molecule has 138 valence electrons. The van der Waals surface area contributed by atoms with Crippen LogP contribution in [0.5, 0.6) is 0 Å². The van der Waals surface area contributed by atoms with Gasteiger partial charge in [0.05, 0.1) is 6.10 Å². The number of ether oxygens (including phenoxy) is 1. The van der Waals surface area contributed by atoms with Crippen LogP contribution in [0.3, 0.4) is 0 Å². The third-order valence-electron chi connectivity index (χ3n) is 4.22. The van der Waals surface area contributed by atoms with E-state index in [-0.39, 0.29) is 18.4 Å². The largest absolute Gasteiger partial charge is 0.445 e. The third kappa shape index (κ3) is 6.38. The Morgan fingerprint density at radius 2 is 2.04 bits per heavy atom. The Kier molecular flexibility index (Phi) is 7.25. The highest BCUT2D eigenvalue weighted by molar-refractivity contribution is 5.85. The van der Waals surface area contributed by atoms with E-state index in [2.05, 4.69) is 5.32 Å². The molecule has 2 rings (SSSR count). The zero-order chi connectivity index (χ0) is 18.2. The van der Waals surface area contributed by atoms with Crippen LogP contribution in [0.1, 0.15) is 38.7 Å². The quantitative estimate of drug-likeness (QED) is 0.827. The van der Waals surface area contributed by atoms with Crippen LogP contribution in [0, 0.1) is 5.92 Å². The Bertz CT molecular complexity index is 562. The molecule has 0 aromatic heterocycles. The van der Waals surface area contributed by atoms with Crippen LogP contribution >= 0.6 is 0 Å². The molecule has 0 spiro atoms. The van der Waals surface area contributed by atoms with Crippen LogP contribution in [-0.2, 0) is 16.1 Å². The molecule has 0 radical (unpaired) electrons. The molecular formula is C19H28N2O4. The average molecular weight is 348 g/mol. The van der Waals surface area contributed by atoms with E-state index in [4.69, 9.17) is 4.74 Å². The number of benzene rings is 1. The van der Waals surface area contributed by atoms with Crippen molar-refractivity contribution in [3.8, 4) is 0 Å². The van der Waals surface area contributed by atoms with Gasteiger partial charge in [-0.2, -0.15) is 0 Å². The van der Waals surface area contributed by atoms with Gasteiger partial charge in [-0.3, -0.25) is 4.79 Å². The minimum atomic E-state index is -0.631. The summed E-state index contributed by atoms with van der Waals surface area (Å²) in [6.07, 6.45) is 0.944. The molecule has 1 aliphatic heterocycles. The molecule has 1 unspecified atom stereocenters. The zero-order valence-corrected chi connectivity index (χ0v) is 15.0. The van der Waals surface area contributed by atoms with Gasteiger partial charge in [0, 0.05) is 13.1 Å². The van der Waals surface area contributed by atoms with E-state index >= 15 is 0 Å². The van der Waals surface area contributed by atoms with Gasteiger partial charge < -0.3 is 20.1 Å². The summed E-state index contributed by atoms with van der Waals surface area (Å²) < 4.78 is 5.23. The van der Waals surface area contributed by atoms with Crippen LogP contribution in [0.15, 0.2) is 30.3 Å². The van der Waals surface area contributed by atoms with Gasteiger partial charge in [-0.25, -0.2) is 4.79 Å². The number of hydrogen-bond donors (Lipinski definition) is 2. The Labute approximate surface area is 149 Å². The van der Waals surface area contributed by atoms with Crippen LogP contribution < -0.4 is 5.32 Å². The smallest absolute Gasteiger partial charge is 0.408 e. The second-order valence-electron chi connectivity index (χ2n) is 6.97. The van der Waals surface area contributed by atoms with Gasteiger partial charge >= 0.3 is 6.09 Å². The Morgan fingerprint density at radius 1 is 1.32 bits per heavy atom. The Hall–Kier alpha value is -2.08. The van der Waals surface area contributed by atoms with Gasteiger partial charge in [0.1, 0.15) is 12.6 Å². The van der Waals surface area contributed by atoms with Crippen molar-refractivity contribution < 1.29 is 19.4 Å². The molecule has 1 fully saturated rings. The fraction of sp³-hybridized carbons (Fsp3) is 0.579. The number of alkyl carbamates (subject to hydrolysis) is 1. The summed E-state index contributed by atoms with van der Waals surface area (Å²) in [5, 5.41) is 12.5. The highest BCUT2D eigenvalue weighted by Gasteiger charge is 2.30. The van der Waals surface area contributed by atoms with Crippen LogP contribution in [-0.4, -0.2) is 47.2 Å². The van der Waals surface area contributed by atoms with Crippen LogP contribution in [0.4, 0.5) is 4.79 Å². The maximum Gasteiger partial charge on any atom is 0.408 e. The molecule has 1 saturated heterocycles. The first-order chi connectivity index (χ1) is 12.0. The minimum Gasteiger partial charge on any atom is -0.445 e. The van der Waals surface area contributed by atoms with E-state index in [1.807, 2.05) is 44.2 Å². The third-order valence-corrected chi connectivity index (χ3v) is 4.22. The molecule has 1 aliphatic rings. The zero-order valence-electron chi connectivity index (χ0n) is 15.0. The number of nitrogens with one attached hydrogen (secondary N) is 1. The Morgan fingerprint density at radius 3 is 2.68 bits per heavy atom. The molecular weight excluding hydrogens is 320 g/mol. The fourth-order valence-corrected chi connectivity index (χ4v) is 2.98. The standard InChI is InChI=1S/C19H28N2O4/c1-14(2)11-17(18(23)21-10-6-9-16(22)12-21)20-19(24)25-13-15-7-4-3-5-8-15/h3-5,7-8,14,16-17,22H,6,9-13H2,1-2H3,(H,20,24)/t16?,17-/m0/s1. The molecule has 2 amide bonds. The lowest BCUT2D eigenvalue weighted by molar-refractivity contribution is -0.136. The molecule has 1 heterocycles. The van der Waals surface area contributed by atoms with Crippen molar-refractivity contribution >= 4 is 12.0 Å². The molecule has 1 aromatic carbocycles. The van der Waals surface area contributed by atoms with Gasteiger partial charge in [-0.1, -0.05) is 44.2 Å². The van der Waals surface area contributed by atoms with Crippen molar-refractivity contribution in [2.24, 2.45) is 5.92 Å². The summed E-state index contributed by atoms with van der Waals surface area (Å²) in [6.45, 7) is 5.11. The first kappa shape index (κ1) is 19.2. The van der Waals surface area contributed by atoms with Crippen LogP contribution in [0.2, 0.25) is 0 Å². The number of aliphatic hydroxyl groups is 1. The van der Waals surface area contributed by atoms with Crippen molar-refractivity contribution in [2.45, 2.75) is 51.9 Å². The topological polar surface area (TPSA) is 78.9 Å². The molecule has 0 aliphatic carbocycles. The molecule has 2 N–H and O–H groups in total. The summed E-state index contributed by atoms with van der Waals surface area (Å²) in [7, 11) is 0. The highest BCUT2D eigenvalue weighted by Crippen LogP contribution is 2.14. The van der Waals surface area contributed by atoms with Crippen molar-refractivity contribution in [3.63, 3.8) is 0 Å². The van der Waals surface area contributed by atoms with Crippen LogP contribution in [0.25, 0.3) is 0 Å². The number of piperidine rings is 1. The van der Waals surface area contributed by atoms with E-state index in [1.165, 1.54) is 0 Å². The second-order valence-corrected chi connectivity index (χ2v) is 6.97. The molecule has 6 nitrogen and oxygen atoms in total. The first-order valence-electron chi connectivity index (χ1n) is 8.89. The number of carbonyl (C=O) groups is 2. The van der Waals surface area contributed by atoms with Crippen molar-refractivity contribution in [2.75, 3.05) is 13.1 Å². The molecule has 0 saturated carbocycles. The molecule has 0 bridgehead atoms. The van der Waals surface area contributed by atoms with Crippen molar-refractivity contribution in [3.05, 3.63) is 35.9 Å². The number of aliphatic hydroxyl groups excluding tert-OH is 1. The number of amides is 2. The number of rotatable bonds is 6. The summed E-state index contributed by atoms with van der Waals surface area (Å²) in [5.41, 5.74) is 0.892. The van der Waals surface area contributed by atoms with Gasteiger partial charge in [-0.15, -0.1) is 0 Å². The maximum atomic E-state index is 12.7. The number of carbonyl (C=O) groups excluding carboxylic acids is 2. The molecule has 25 heavy (non-hydrogen) atoms. The average Bonchev–Trinajstić information content (AvgIpc) is 2.59. The monoisotopic (exact) mass is 348 g/mol. The predicted octanol–water partition coefficient (Wildman–Crippen LogP) is 2.31. The van der Waals surface area contributed by atoms with E-state index in [0.717, 1.165) is 12.0 Å². The molecule has 1 aromatic rings. The lowest BCUT2D eigenvalue weighted by atomic mass is 10.0. The second kappa shape index (κ2) is 9.42. The van der Waals surface area contributed by atoms with E-state index in [0.29, 0.717) is 25.9 Å². The minimum absolute atomic E-state index is 0.149. The van der Waals surface area contributed by atoms with E-state index < -0.39 is 18.2 Å². The summed E-state index contributed by atoms with van der Waals surface area (Å²) in [4.78, 5) is 26.5. The lowest BCUT2D eigenvalue weighted by Crippen LogP contribution is -2.52. The van der Waals surface area contributed by atoms with Gasteiger partial charge in [0.25, 0.3) is 0 Å². The fourth-order valence-electron chi connectivity index (χ4n) is 2.98. The van der Waals surface area contributed by atoms with E-state index in [9.17, 15) is 14.7 Å². The Balaban J connectivity index is 1.91. The number of nitrogens with zero attached hydrogens (tertiary/aromatic N) is 1. The van der Waals surface area contributed by atoms with Gasteiger partial charge in [-0.05, 0) is 30.7 Å². The van der Waals surface area contributed by atoms with Gasteiger partial charge in [0.2, 0.25) is 5.91 Å².